The molecule has 0 bridgehead atoms. The molecule has 70 valence electrons. The minimum atomic E-state index is 0.654. The molecule has 0 unspecified atom stereocenters. The van der Waals surface area contributed by atoms with Crippen LogP contribution in [0.2, 0.25) is 0 Å². The molecule has 0 amide bonds. The SMILES string of the molecule is C=C(Br)CN[C@H](C)C1CCCC1. The van der Waals surface area contributed by atoms with Gasteiger partial charge in [-0.3, -0.25) is 0 Å². The van der Waals surface area contributed by atoms with E-state index in [9.17, 15) is 0 Å². The van der Waals surface area contributed by atoms with Gasteiger partial charge in [-0.1, -0.05) is 35.4 Å². The minimum absolute atomic E-state index is 0.654. The third-order valence-electron chi connectivity index (χ3n) is 2.72. The van der Waals surface area contributed by atoms with Crippen molar-refractivity contribution in [3.05, 3.63) is 11.1 Å². The van der Waals surface area contributed by atoms with Gasteiger partial charge in [0.1, 0.15) is 0 Å². The van der Waals surface area contributed by atoms with E-state index in [-0.39, 0.29) is 0 Å². The Morgan fingerprint density at radius 3 is 2.67 bits per heavy atom. The van der Waals surface area contributed by atoms with Gasteiger partial charge in [0.2, 0.25) is 0 Å². The lowest BCUT2D eigenvalue weighted by atomic mass is 10.00. The van der Waals surface area contributed by atoms with Gasteiger partial charge >= 0.3 is 0 Å². The van der Waals surface area contributed by atoms with Crippen molar-refractivity contribution in [2.24, 2.45) is 5.92 Å². The standard InChI is InChI=1S/C10H18BrN/c1-8(11)7-12-9(2)10-5-3-4-6-10/h9-10,12H,1,3-7H2,2H3/t9-/m1/s1. The lowest BCUT2D eigenvalue weighted by Gasteiger charge is -2.19. The smallest absolute Gasteiger partial charge is 0.0268 e. The van der Waals surface area contributed by atoms with Crippen LogP contribution < -0.4 is 5.32 Å². The molecular weight excluding hydrogens is 214 g/mol. The van der Waals surface area contributed by atoms with Gasteiger partial charge in [0.05, 0.1) is 0 Å². The average molecular weight is 232 g/mol. The fraction of sp³-hybridized carbons (Fsp3) is 0.800. The fourth-order valence-corrected chi connectivity index (χ4v) is 2.06. The highest BCUT2D eigenvalue weighted by Gasteiger charge is 2.20. The molecule has 1 aliphatic carbocycles. The highest BCUT2D eigenvalue weighted by atomic mass is 79.9. The summed E-state index contributed by atoms with van der Waals surface area (Å²) in [6, 6.07) is 0.654. The number of nitrogens with one attached hydrogen (secondary N) is 1. The average Bonchev–Trinajstić information content (AvgIpc) is 2.51. The highest BCUT2D eigenvalue weighted by molar-refractivity contribution is 9.11. The van der Waals surface area contributed by atoms with E-state index in [2.05, 4.69) is 34.7 Å². The van der Waals surface area contributed by atoms with Gasteiger partial charge < -0.3 is 5.32 Å². The number of rotatable bonds is 4. The van der Waals surface area contributed by atoms with Gasteiger partial charge in [-0.2, -0.15) is 0 Å². The molecule has 0 radical (unpaired) electrons. The molecular formula is C10H18BrN. The normalized spacial score (nSPS) is 21.2. The summed E-state index contributed by atoms with van der Waals surface area (Å²) in [6.07, 6.45) is 5.66. The largest absolute Gasteiger partial charge is 0.309 e. The zero-order chi connectivity index (χ0) is 8.97. The van der Waals surface area contributed by atoms with Gasteiger partial charge in [0.25, 0.3) is 0 Å². The lowest BCUT2D eigenvalue weighted by Crippen LogP contribution is -2.32. The Balaban J connectivity index is 2.17. The maximum absolute atomic E-state index is 3.81. The second-order valence-corrected chi connectivity index (χ2v) is 4.85. The van der Waals surface area contributed by atoms with Crippen molar-refractivity contribution in [1.29, 1.82) is 0 Å². The van der Waals surface area contributed by atoms with Crippen molar-refractivity contribution in [1.82, 2.24) is 5.32 Å². The molecule has 1 atom stereocenters. The van der Waals surface area contributed by atoms with Crippen LogP contribution in [0.25, 0.3) is 0 Å². The Hall–Kier alpha value is 0.180. The van der Waals surface area contributed by atoms with Gasteiger partial charge in [0.15, 0.2) is 0 Å². The van der Waals surface area contributed by atoms with E-state index in [1.165, 1.54) is 25.7 Å². The molecule has 0 aromatic heterocycles. The van der Waals surface area contributed by atoms with Gasteiger partial charge in [-0.25, -0.2) is 0 Å². The molecule has 1 nitrogen and oxygen atoms in total. The van der Waals surface area contributed by atoms with Crippen LogP contribution in [0.3, 0.4) is 0 Å². The molecule has 0 aromatic carbocycles. The molecule has 0 aliphatic heterocycles. The monoisotopic (exact) mass is 231 g/mol. The van der Waals surface area contributed by atoms with Gasteiger partial charge in [-0.05, 0) is 25.7 Å². The van der Waals surface area contributed by atoms with Crippen molar-refractivity contribution in [3.8, 4) is 0 Å². The van der Waals surface area contributed by atoms with Crippen LogP contribution in [-0.2, 0) is 0 Å². The van der Waals surface area contributed by atoms with E-state index in [1.807, 2.05) is 0 Å². The van der Waals surface area contributed by atoms with E-state index in [0.717, 1.165) is 16.9 Å². The molecule has 2 heteroatoms. The first kappa shape index (κ1) is 10.3. The number of hydrogen-bond donors (Lipinski definition) is 1. The maximum atomic E-state index is 3.81. The van der Waals surface area contributed by atoms with Gasteiger partial charge in [-0.15, -0.1) is 0 Å². The summed E-state index contributed by atoms with van der Waals surface area (Å²) in [4.78, 5) is 0. The summed E-state index contributed by atoms with van der Waals surface area (Å²) in [6.45, 7) is 6.99. The van der Waals surface area contributed by atoms with E-state index in [4.69, 9.17) is 0 Å². The first-order valence-electron chi connectivity index (χ1n) is 4.77. The Kier molecular flexibility index (Phi) is 4.30. The van der Waals surface area contributed by atoms with Crippen molar-refractivity contribution in [3.63, 3.8) is 0 Å². The molecule has 1 N–H and O–H groups in total. The van der Waals surface area contributed by atoms with Gasteiger partial charge in [0, 0.05) is 17.1 Å². The second kappa shape index (κ2) is 5.03. The van der Waals surface area contributed by atoms with Crippen molar-refractivity contribution in [2.75, 3.05) is 6.54 Å². The molecule has 1 saturated carbocycles. The van der Waals surface area contributed by atoms with E-state index in [0.29, 0.717) is 6.04 Å². The van der Waals surface area contributed by atoms with Crippen LogP contribution in [0.4, 0.5) is 0 Å². The third-order valence-corrected chi connectivity index (χ3v) is 3.00. The molecule has 0 aromatic rings. The molecule has 0 heterocycles. The first-order chi connectivity index (χ1) is 5.70. The summed E-state index contributed by atoms with van der Waals surface area (Å²) in [7, 11) is 0. The highest BCUT2D eigenvalue weighted by Crippen LogP contribution is 2.27. The Labute approximate surface area is 83.7 Å². The maximum Gasteiger partial charge on any atom is 0.0268 e. The summed E-state index contributed by atoms with van der Waals surface area (Å²) in [5.74, 6) is 0.900. The molecule has 0 saturated heterocycles. The number of hydrogen-bond acceptors (Lipinski definition) is 1. The zero-order valence-corrected chi connectivity index (χ0v) is 9.36. The molecule has 0 spiro atoms. The summed E-state index contributed by atoms with van der Waals surface area (Å²) < 4.78 is 1.05. The third kappa shape index (κ3) is 3.28. The Bertz CT molecular complexity index is 150. The Morgan fingerprint density at radius 2 is 2.17 bits per heavy atom. The van der Waals surface area contributed by atoms with Crippen molar-refractivity contribution in [2.45, 2.75) is 38.6 Å². The van der Waals surface area contributed by atoms with E-state index < -0.39 is 0 Å². The predicted molar refractivity (Wildman–Crippen MR) is 57.5 cm³/mol. The lowest BCUT2D eigenvalue weighted by molar-refractivity contribution is 0.394. The van der Waals surface area contributed by atoms with Crippen LogP contribution >= 0.6 is 15.9 Å². The fourth-order valence-electron chi connectivity index (χ4n) is 1.90. The Morgan fingerprint density at radius 1 is 1.58 bits per heavy atom. The molecule has 12 heavy (non-hydrogen) atoms. The quantitative estimate of drug-likeness (QED) is 0.785. The van der Waals surface area contributed by atoms with E-state index >= 15 is 0 Å². The second-order valence-electron chi connectivity index (χ2n) is 3.73. The number of halogens is 1. The topological polar surface area (TPSA) is 12.0 Å². The molecule has 1 aliphatic rings. The van der Waals surface area contributed by atoms with Crippen molar-refractivity contribution < 1.29 is 0 Å². The van der Waals surface area contributed by atoms with Crippen LogP contribution in [0.5, 0.6) is 0 Å². The minimum Gasteiger partial charge on any atom is -0.309 e. The van der Waals surface area contributed by atoms with Crippen molar-refractivity contribution >= 4 is 15.9 Å². The first-order valence-corrected chi connectivity index (χ1v) is 5.56. The van der Waals surface area contributed by atoms with Crippen LogP contribution in [0.1, 0.15) is 32.6 Å². The molecule has 1 rings (SSSR count). The zero-order valence-electron chi connectivity index (χ0n) is 7.78. The summed E-state index contributed by atoms with van der Waals surface area (Å²) in [5.41, 5.74) is 0. The van der Waals surface area contributed by atoms with Crippen LogP contribution in [0, 0.1) is 5.92 Å². The van der Waals surface area contributed by atoms with E-state index in [1.54, 1.807) is 0 Å². The van der Waals surface area contributed by atoms with Crippen LogP contribution in [0.15, 0.2) is 11.1 Å². The molecule has 1 fully saturated rings. The van der Waals surface area contributed by atoms with Crippen LogP contribution in [-0.4, -0.2) is 12.6 Å². The summed E-state index contributed by atoms with van der Waals surface area (Å²) >= 11 is 3.35. The predicted octanol–water partition coefficient (Wildman–Crippen LogP) is 3.06. The summed E-state index contributed by atoms with van der Waals surface area (Å²) in [5, 5.41) is 3.48.